The summed E-state index contributed by atoms with van der Waals surface area (Å²) in [5.74, 6) is -0.0938. The van der Waals surface area contributed by atoms with Gasteiger partial charge in [0.2, 0.25) is 0 Å². The van der Waals surface area contributed by atoms with Crippen molar-refractivity contribution in [3.05, 3.63) is 95.8 Å². The van der Waals surface area contributed by atoms with Crippen molar-refractivity contribution in [3.8, 4) is 22.6 Å². The molecule has 0 saturated carbocycles. The lowest BCUT2D eigenvalue weighted by Gasteiger charge is -2.38. The van der Waals surface area contributed by atoms with Crippen LogP contribution >= 0.6 is 0 Å². The number of amides is 1. The second-order valence-electron chi connectivity index (χ2n) is 12.5. The number of hydrogen-bond acceptors (Lipinski definition) is 6. The largest absolute Gasteiger partial charge is 0.455 e. The first-order valence-corrected chi connectivity index (χ1v) is 15.7. The Balaban J connectivity index is 1.38. The van der Waals surface area contributed by atoms with Crippen LogP contribution in [-0.2, 0) is 0 Å². The third-order valence-corrected chi connectivity index (χ3v) is 9.28. The molecule has 1 amide bonds. The molecule has 242 valence electrons. The normalized spacial score (nSPS) is 14.6. The van der Waals surface area contributed by atoms with Crippen molar-refractivity contribution < 1.29 is 22.4 Å². The van der Waals surface area contributed by atoms with E-state index in [0.29, 0.717) is 79.9 Å². The lowest BCUT2D eigenvalue weighted by Crippen LogP contribution is -2.49. The molecular formula is C37H31F3N6O2. The fraction of sp³-hybridized carbons (Fsp3) is 0.216. The zero-order chi connectivity index (χ0) is 33.4. The van der Waals surface area contributed by atoms with Crippen molar-refractivity contribution >= 4 is 50.0 Å². The van der Waals surface area contributed by atoms with Crippen LogP contribution < -0.4 is 10.2 Å². The van der Waals surface area contributed by atoms with Crippen molar-refractivity contribution in [2.24, 2.45) is 0 Å². The second kappa shape index (κ2) is 11.1. The van der Waals surface area contributed by atoms with Gasteiger partial charge >= 0.3 is 0 Å². The highest BCUT2D eigenvalue weighted by Crippen LogP contribution is 2.41. The Kier molecular flexibility index (Phi) is 6.92. The summed E-state index contributed by atoms with van der Waals surface area (Å²) in [7, 11) is 5.36. The molecule has 1 unspecified atom stereocenters. The highest BCUT2D eigenvalue weighted by atomic mass is 19.1. The monoisotopic (exact) mass is 648 g/mol. The summed E-state index contributed by atoms with van der Waals surface area (Å²) in [6, 6.07) is 19.8. The van der Waals surface area contributed by atoms with Crippen molar-refractivity contribution in [3.63, 3.8) is 0 Å². The number of nitrogens with zero attached hydrogens (tertiary/aromatic N) is 5. The molecule has 8 rings (SSSR count). The average molecular weight is 649 g/mol. The SMILES string of the molecule is CNC(=O)c1c(-c2ccc(F)cc2)oc2cc(N(C)C)c(-c3ccc4nc(C(C)N5CC(F)C5)n5c6cccc(F)c6cc5c4n3)cc12. The highest BCUT2D eigenvalue weighted by Gasteiger charge is 2.33. The zero-order valence-electron chi connectivity index (χ0n) is 26.7. The fourth-order valence-corrected chi connectivity index (χ4v) is 6.75. The van der Waals surface area contributed by atoms with Crippen LogP contribution in [0.5, 0.6) is 0 Å². The summed E-state index contributed by atoms with van der Waals surface area (Å²) in [4.78, 5) is 27.4. The van der Waals surface area contributed by atoms with Gasteiger partial charge in [-0.1, -0.05) is 6.07 Å². The molecule has 11 heteroatoms. The number of carbonyl (C=O) groups is 1. The number of aromatic nitrogens is 3. The van der Waals surface area contributed by atoms with Gasteiger partial charge in [0, 0.05) is 67.9 Å². The summed E-state index contributed by atoms with van der Waals surface area (Å²) < 4.78 is 51.0. The molecule has 1 aliphatic heterocycles. The van der Waals surface area contributed by atoms with Crippen LogP contribution in [0.4, 0.5) is 18.9 Å². The number of alkyl halides is 1. The van der Waals surface area contributed by atoms with E-state index < -0.39 is 12.0 Å². The Morgan fingerprint density at radius 1 is 0.979 bits per heavy atom. The van der Waals surface area contributed by atoms with E-state index in [0.717, 1.165) is 11.3 Å². The summed E-state index contributed by atoms with van der Waals surface area (Å²) in [6.45, 7) is 2.62. The van der Waals surface area contributed by atoms with Gasteiger partial charge in [0.05, 0.1) is 33.8 Å². The van der Waals surface area contributed by atoms with Crippen LogP contribution in [0, 0.1) is 11.6 Å². The van der Waals surface area contributed by atoms with Crippen molar-refractivity contribution in [1.82, 2.24) is 24.6 Å². The molecule has 0 radical (unpaired) electrons. The first-order valence-electron chi connectivity index (χ1n) is 15.7. The Labute approximate surface area is 273 Å². The van der Waals surface area contributed by atoms with E-state index in [1.165, 1.54) is 18.2 Å². The zero-order valence-corrected chi connectivity index (χ0v) is 26.7. The highest BCUT2D eigenvalue weighted by molar-refractivity contribution is 6.13. The number of anilines is 1. The molecule has 8 nitrogen and oxygen atoms in total. The van der Waals surface area contributed by atoms with Crippen LogP contribution in [0.3, 0.4) is 0 Å². The first kappa shape index (κ1) is 29.9. The van der Waals surface area contributed by atoms with Crippen LogP contribution in [0.2, 0.25) is 0 Å². The summed E-state index contributed by atoms with van der Waals surface area (Å²) in [5, 5.41) is 3.72. The number of halogens is 3. The lowest BCUT2D eigenvalue weighted by molar-refractivity contribution is 0.0300. The first-order chi connectivity index (χ1) is 23.1. The molecule has 1 fully saturated rings. The summed E-state index contributed by atoms with van der Waals surface area (Å²) >= 11 is 0. The van der Waals surface area contributed by atoms with E-state index in [9.17, 15) is 13.6 Å². The quantitative estimate of drug-likeness (QED) is 0.201. The van der Waals surface area contributed by atoms with E-state index in [-0.39, 0.29) is 17.8 Å². The molecule has 4 aromatic heterocycles. The average Bonchev–Trinajstić information content (AvgIpc) is 3.65. The van der Waals surface area contributed by atoms with Gasteiger partial charge in [-0.25, -0.2) is 23.1 Å². The molecule has 7 aromatic rings. The minimum atomic E-state index is -0.874. The third kappa shape index (κ3) is 4.60. The van der Waals surface area contributed by atoms with Crippen LogP contribution in [0.25, 0.3) is 61.0 Å². The maximum atomic E-state index is 15.2. The predicted molar refractivity (Wildman–Crippen MR) is 181 cm³/mol. The molecule has 0 spiro atoms. The number of rotatable bonds is 6. The van der Waals surface area contributed by atoms with Gasteiger partial charge in [-0.05, 0) is 67.6 Å². The summed E-state index contributed by atoms with van der Waals surface area (Å²) in [5.41, 5.74) is 6.03. The van der Waals surface area contributed by atoms with Gasteiger partial charge in [0.15, 0.2) is 0 Å². The molecule has 1 aliphatic rings. The van der Waals surface area contributed by atoms with E-state index in [2.05, 4.69) is 5.32 Å². The minimum absolute atomic E-state index is 0.218. The molecule has 0 bridgehead atoms. The van der Waals surface area contributed by atoms with Gasteiger partial charge in [-0.15, -0.1) is 0 Å². The lowest BCUT2D eigenvalue weighted by atomic mass is 10.00. The van der Waals surface area contributed by atoms with Gasteiger partial charge in [0.25, 0.3) is 5.91 Å². The summed E-state index contributed by atoms with van der Waals surface area (Å²) in [6.07, 6.45) is -0.874. The number of pyridine rings is 1. The van der Waals surface area contributed by atoms with Crippen molar-refractivity contribution in [2.45, 2.75) is 19.1 Å². The predicted octanol–water partition coefficient (Wildman–Crippen LogP) is 7.53. The number of benzene rings is 3. The van der Waals surface area contributed by atoms with E-state index >= 15 is 4.39 Å². The molecule has 48 heavy (non-hydrogen) atoms. The number of hydrogen-bond donors (Lipinski definition) is 1. The van der Waals surface area contributed by atoms with E-state index in [1.807, 2.05) is 65.6 Å². The topological polar surface area (TPSA) is 78.9 Å². The number of carbonyl (C=O) groups excluding carboxylic acids is 1. The van der Waals surface area contributed by atoms with Gasteiger partial charge in [0.1, 0.15) is 40.5 Å². The van der Waals surface area contributed by atoms with Crippen LogP contribution in [-0.4, -0.2) is 65.6 Å². The Hall–Kier alpha value is -5.42. The van der Waals surface area contributed by atoms with E-state index in [4.69, 9.17) is 14.4 Å². The molecule has 5 heterocycles. The van der Waals surface area contributed by atoms with Gasteiger partial charge < -0.3 is 14.6 Å². The standard InChI is InChI=1S/C37H31F3N6O2/c1-19(45-17-22(39)18-45)36-43-28-13-12-27(42-34(28)31-15-23-26(40)6-5-7-29(23)46(31)36)24-14-25-32(16-30(24)44(3)4)48-35(33(25)37(47)41-2)20-8-10-21(38)11-9-20/h5-16,19,22H,17-18H2,1-4H3,(H,41,47). The molecule has 1 saturated heterocycles. The fourth-order valence-electron chi connectivity index (χ4n) is 6.75. The van der Waals surface area contributed by atoms with Gasteiger partial charge in [-0.3, -0.25) is 14.1 Å². The Bertz CT molecular complexity index is 2410. The smallest absolute Gasteiger partial charge is 0.255 e. The Morgan fingerprint density at radius 2 is 1.75 bits per heavy atom. The van der Waals surface area contributed by atoms with Crippen molar-refractivity contribution in [2.75, 3.05) is 39.1 Å². The van der Waals surface area contributed by atoms with Crippen LogP contribution in [0.1, 0.15) is 29.1 Å². The van der Waals surface area contributed by atoms with Crippen LogP contribution in [0.15, 0.2) is 77.2 Å². The molecule has 3 aromatic carbocycles. The minimum Gasteiger partial charge on any atom is -0.455 e. The molecule has 1 atom stereocenters. The van der Waals surface area contributed by atoms with Gasteiger partial charge in [-0.2, -0.15) is 0 Å². The maximum absolute atomic E-state index is 15.2. The molecule has 0 aliphatic carbocycles. The molecular weight excluding hydrogens is 617 g/mol. The number of nitrogens with one attached hydrogen (secondary N) is 1. The van der Waals surface area contributed by atoms with E-state index in [1.54, 1.807) is 31.3 Å². The number of fused-ring (bicyclic) bond motifs is 6. The second-order valence-corrected chi connectivity index (χ2v) is 12.5. The number of furan rings is 1. The third-order valence-electron chi connectivity index (χ3n) is 9.28. The molecule has 1 N–H and O–H groups in total. The Morgan fingerprint density at radius 3 is 2.46 bits per heavy atom. The van der Waals surface area contributed by atoms with Crippen molar-refractivity contribution in [1.29, 1.82) is 0 Å². The maximum Gasteiger partial charge on any atom is 0.255 e. The number of likely N-dealkylation sites (tertiary alicyclic amines) is 1.